The van der Waals surface area contributed by atoms with Gasteiger partial charge in [0.25, 0.3) is 0 Å². The molecule has 2 aliphatic rings. The third kappa shape index (κ3) is 1.04. The zero-order chi connectivity index (χ0) is 10.5. The second kappa shape index (κ2) is 2.85. The molecular weight excluding hydrogens is 192 g/mol. The number of allylic oxidation sites excluding steroid dienone is 2. The van der Waals surface area contributed by atoms with Crippen LogP contribution in [-0.2, 0) is 6.42 Å². The molecule has 2 aromatic rings. The molecule has 0 fully saturated rings. The Morgan fingerprint density at radius 3 is 2.38 bits per heavy atom. The van der Waals surface area contributed by atoms with Gasteiger partial charge < -0.3 is 0 Å². The summed E-state index contributed by atoms with van der Waals surface area (Å²) in [6.45, 7) is 0. The topological polar surface area (TPSA) is 0 Å². The fourth-order valence-electron chi connectivity index (χ4n) is 2.73. The van der Waals surface area contributed by atoms with Crippen LogP contribution in [0.2, 0.25) is 0 Å². The van der Waals surface area contributed by atoms with E-state index in [-0.39, 0.29) is 0 Å². The maximum Gasteiger partial charge on any atom is -0.000740 e. The maximum atomic E-state index is 2.32. The van der Waals surface area contributed by atoms with Gasteiger partial charge in [0.1, 0.15) is 0 Å². The van der Waals surface area contributed by atoms with E-state index in [1.54, 1.807) is 0 Å². The normalized spacial score (nSPS) is 15.4. The van der Waals surface area contributed by atoms with Gasteiger partial charge in [0.2, 0.25) is 0 Å². The second-order valence-corrected chi connectivity index (χ2v) is 4.60. The zero-order valence-corrected chi connectivity index (χ0v) is 9.03. The van der Waals surface area contributed by atoms with Gasteiger partial charge in [0.15, 0.2) is 0 Å². The molecule has 0 aliphatic heterocycles. The van der Waals surface area contributed by atoms with Gasteiger partial charge in [-0.05, 0) is 46.2 Å². The van der Waals surface area contributed by atoms with Crippen molar-refractivity contribution in [2.75, 3.05) is 0 Å². The molecule has 0 radical (unpaired) electrons. The summed E-state index contributed by atoms with van der Waals surface area (Å²) in [5.41, 5.74) is 8.90. The van der Waals surface area contributed by atoms with Crippen molar-refractivity contribution in [3.05, 3.63) is 65.2 Å². The van der Waals surface area contributed by atoms with E-state index in [2.05, 4.69) is 48.5 Å². The smallest absolute Gasteiger partial charge is 0.000740 e. The van der Waals surface area contributed by atoms with Crippen LogP contribution in [-0.4, -0.2) is 0 Å². The molecular formula is C16H12. The van der Waals surface area contributed by atoms with Gasteiger partial charge in [-0.3, -0.25) is 0 Å². The number of hydrogen-bond donors (Lipinski definition) is 0. The van der Waals surface area contributed by atoms with Crippen LogP contribution in [0.15, 0.2) is 48.5 Å². The highest BCUT2D eigenvalue weighted by molar-refractivity contribution is 5.87. The van der Waals surface area contributed by atoms with Crippen LogP contribution in [0.25, 0.3) is 16.7 Å². The first-order valence-electron chi connectivity index (χ1n) is 5.83. The highest BCUT2D eigenvalue weighted by Crippen LogP contribution is 2.43. The van der Waals surface area contributed by atoms with Gasteiger partial charge in [0, 0.05) is 0 Å². The fourth-order valence-corrected chi connectivity index (χ4v) is 2.73. The monoisotopic (exact) mass is 204 g/mol. The molecule has 0 N–H and O–H groups in total. The van der Waals surface area contributed by atoms with Crippen molar-refractivity contribution in [3.63, 3.8) is 0 Å². The van der Waals surface area contributed by atoms with Gasteiger partial charge in [-0.1, -0.05) is 48.5 Å². The van der Waals surface area contributed by atoms with Crippen molar-refractivity contribution < 1.29 is 0 Å². The van der Waals surface area contributed by atoms with Crippen molar-refractivity contribution in [3.8, 4) is 11.1 Å². The van der Waals surface area contributed by atoms with Crippen molar-refractivity contribution in [2.24, 2.45) is 0 Å². The average Bonchev–Trinajstić information content (AvgIpc) is 3.09. The Morgan fingerprint density at radius 1 is 0.750 bits per heavy atom. The van der Waals surface area contributed by atoms with Gasteiger partial charge in [-0.2, -0.15) is 0 Å². The SMILES string of the molecule is C1=C(c2cccc3c2Cc2ccccc2-3)C1. The molecule has 0 saturated carbocycles. The van der Waals surface area contributed by atoms with E-state index in [4.69, 9.17) is 0 Å². The Hall–Kier alpha value is -1.82. The molecule has 0 bridgehead atoms. The van der Waals surface area contributed by atoms with Gasteiger partial charge in [-0.15, -0.1) is 0 Å². The highest BCUT2D eigenvalue weighted by Gasteiger charge is 2.23. The minimum Gasteiger partial charge on any atom is -0.0760 e. The Balaban J connectivity index is 2.00. The molecule has 16 heavy (non-hydrogen) atoms. The molecule has 76 valence electrons. The molecule has 0 nitrogen and oxygen atoms in total. The average molecular weight is 204 g/mol. The lowest BCUT2D eigenvalue weighted by atomic mass is 10.00. The summed E-state index contributed by atoms with van der Waals surface area (Å²) >= 11 is 0. The summed E-state index contributed by atoms with van der Waals surface area (Å²) in [5, 5.41) is 0. The predicted molar refractivity (Wildman–Crippen MR) is 67.3 cm³/mol. The van der Waals surface area contributed by atoms with Crippen LogP contribution in [0.3, 0.4) is 0 Å². The summed E-state index contributed by atoms with van der Waals surface area (Å²) in [5.74, 6) is 0. The number of benzene rings is 2. The zero-order valence-electron chi connectivity index (χ0n) is 9.03. The standard InChI is InChI=1S/C16H12/c1-2-5-14-12(4-1)10-16-13(11-8-9-11)6-3-7-15(14)16/h1-8H,9-10H2. The Bertz CT molecular complexity index is 618. The fraction of sp³-hybridized carbons (Fsp3) is 0.125. The summed E-state index contributed by atoms with van der Waals surface area (Å²) in [7, 11) is 0. The first kappa shape index (κ1) is 8.35. The van der Waals surface area contributed by atoms with E-state index in [1.165, 1.54) is 39.8 Å². The molecule has 0 heterocycles. The molecule has 0 atom stereocenters. The minimum atomic E-state index is 1.11. The van der Waals surface area contributed by atoms with E-state index < -0.39 is 0 Å². The molecule has 0 amide bonds. The minimum absolute atomic E-state index is 1.11. The van der Waals surface area contributed by atoms with Gasteiger partial charge in [0.05, 0.1) is 0 Å². The maximum absolute atomic E-state index is 2.32. The van der Waals surface area contributed by atoms with Crippen molar-refractivity contribution in [2.45, 2.75) is 12.8 Å². The molecule has 2 aliphatic carbocycles. The molecule has 4 rings (SSSR count). The van der Waals surface area contributed by atoms with Crippen molar-refractivity contribution >= 4 is 5.57 Å². The molecule has 0 heteroatoms. The van der Waals surface area contributed by atoms with E-state index >= 15 is 0 Å². The van der Waals surface area contributed by atoms with Crippen LogP contribution in [0.1, 0.15) is 23.1 Å². The molecule has 0 unspecified atom stereocenters. The lowest BCUT2D eigenvalue weighted by molar-refractivity contribution is 1.25. The van der Waals surface area contributed by atoms with Gasteiger partial charge in [-0.25, -0.2) is 0 Å². The van der Waals surface area contributed by atoms with E-state index in [0.717, 1.165) is 6.42 Å². The number of rotatable bonds is 1. The van der Waals surface area contributed by atoms with E-state index in [1.807, 2.05) is 0 Å². The van der Waals surface area contributed by atoms with E-state index in [0.29, 0.717) is 0 Å². The predicted octanol–water partition coefficient (Wildman–Crippen LogP) is 4.04. The largest absolute Gasteiger partial charge is 0.0760 e. The Kier molecular flexibility index (Phi) is 1.49. The lowest BCUT2D eigenvalue weighted by Gasteiger charge is -2.04. The van der Waals surface area contributed by atoms with Crippen LogP contribution < -0.4 is 0 Å². The van der Waals surface area contributed by atoms with Crippen LogP contribution in [0.5, 0.6) is 0 Å². The lowest BCUT2D eigenvalue weighted by Crippen LogP contribution is -1.86. The number of hydrogen-bond acceptors (Lipinski definition) is 0. The Labute approximate surface area is 95.2 Å². The van der Waals surface area contributed by atoms with Crippen LogP contribution in [0, 0.1) is 0 Å². The summed E-state index contributed by atoms with van der Waals surface area (Å²) in [6.07, 6.45) is 4.62. The molecule has 0 saturated heterocycles. The van der Waals surface area contributed by atoms with Crippen LogP contribution >= 0.6 is 0 Å². The van der Waals surface area contributed by atoms with Crippen molar-refractivity contribution in [1.29, 1.82) is 0 Å². The summed E-state index contributed by atoms with van der Waals surface area (Å²) in [6, 6.07) is 15.5. The molecule has 0 spiro atoms. The quantitative estimate of drug-likeness (QED) is 0.561. The highest BCUT2D eigenvalue weighted by atomic mass is 14.3. The Morgan fingerprint density at radius 2 is 1.50 bits per heavy atom. The third-order valence-electron chi connectivity index (χ3n) is 3.60. The summed E-state index contributed by atoms with van der Waals surface area (Å²) in [4.78, 5) is 0. The number of fused-ring (bicyclic) bond motifs is 3. The third-order valence-corrected chi connectivity index (χ3v) is 3.60. The first-order chi connectivity index (χ1) is 7.93. The van der Waals surface area contributed by atoms with Crippen molar-refractivity contribution in [1.82, 2.24) is 0 Å². The van der Waals surface area contributed by atoms with E-state index in [9.17, 15) is 0 Å². The molecule has 2 aromatic carbocycles. The van der Waals surface area contributed by atoms with Gasteiger partial charge >= 0.3 is 0 Å². The second-order valence-electron chi connectivity index (χ2n) is 4.60. The first-order valence-corrected chi connectivity index (χ1v) is 5.83. The summed E-state index contributed by atoms with van der Waals surface area (Å²) < 4.78 is 0. The molecule has 0 aromatic heterocycles. The van der Waals surface area contributed by atoms with Crippen LogP contribution in [0.4, 0.5) is 0 Å².